The lowest BCUT2D eigenvalue weighted by Gasteiger charge is -2.27. The largest absolute Gasteiger partial charge is 0.388 e. The molecule has 0 aromatic heterocycles. The van der Waals surface area contributed by atoms with E-state index in [9.17, 15) is 9.50 Å². The lowest BCUT2D eigenvalue weighted by molar-refractivity contribution is 0.0859. The van der Waals surface area contributed by atoms with Crippen molar-refractivity contribution in [3.05, 3.63) is 47.8 Å². The maximum atomic E-state index is 14.5. The lowest BCUT2D eigenvalue weighted by Crippen LogP contribution is -2.31. The van der Waals surface area contributed by atoms with Gasteiger partial charge in [-0.3, -0.25) is 0 Å². The fraction of sp³-hybridized carbons (Fsp3) is 0.375. The summed E-state index contributed by atoms with van der Waals surface area (Å²) in [6, 6.07) is 11.0. The van der Waals surface area contributed by atoms with Crippen molar-refractivity contribution >= 4 is 10.8 Å². The first kappa shape index (κ1) is 12.6. The first-order chi connectivity index (χ1) is 9.27. The Bertz CT molecular complexity index is 578. The predicted octanol–water partition coefficient (Wildman–Crippen LogP) is 3.01. The van der Waals surface area contributed by atoms with E-state index in [1.165, 1.54) is 0 Å². The third kappa shape index (κ3) is 2.36. The van der Waals surface area contributed by atoms with Crippen LogP contribution < -0.4 is 5.32 Å². The van der Waals surface area contributed by atoms with Crippen LogP contribution in [-0.2, 0) is 0 Å². The average Bonchev–Trinajstić information content (AvgIpc) is 2.48. The number of hydrogen-bond donors (Lipinski definition) is 2. The monoisotopic (exact) mass is 259 g/mol. The molecule has 1 aliphatic rings. The number of hydrogen-bond acceptors (Lipinski definition) is 2. The molecule has 2 aromatic carbocycles. The number of aliphatic hydroxyl groups excluding tert-OH is 1. The molecule has 1 aliphatic heterocycles. The molecule has 1 unspecified atom stereocenters. The number of fused-ring (bicyclic) bond motifs is 1. The fourth-order valence-electron chi connectivity index (χ4n) is 2.89. The van der Waals surface area contributed by atoms with Gasteiger partial charge in [0.05, 0.1) is 6.10 Å². The van der Waals surface area contributed by atoms with Crippen molar-refractivity contribution in [2.24, 2.45) is 5.92 Å². The third-order valence-electron chi connectivity index (χ3n) is 4.04. The molecule has 0 radical (unpaired) electrons. The number of aliphatic hydroxyl groups is 1. The first-order valence-corrected chi connectivity index (χ1v) is 6.83. The zero-order valence-corrected chi connectivity index (χ0v) is 10.8. The van der Waals surface area contributed by atoms with E-state index < -0.39 is 6.10 Å². The van der Waals surface area contributed by atoms with Crippen LogP contribution >= 0.6 is 0 Å². The highest BCUT2D eigenvalue weighted by Crippen LogP contribution is 2.32. The van der Waals surface area contributed by atoms with Crippen molar-refractivity contribution in [2.45, 2.75) is 18.9 Å². The maximum Gasteiger partial charge on any atom is 0.136 e. The maximum absolute atomic E-state index is 14.5. The molecule has 1 heterocycles. The van der Waals surface area contributed by atoms with Gasteiger partial charge in [0.15, 0.2) is 0 Å². The summed E-state index contributed by atoms with van der Waals surface area (Å²) in [5, 5.41) is 15.1. The Labute approximate surface area is 112 Å². The van der Waals surface area contributed by atoms with Gasteiger partial charge in [0, 0.05) is 10.9 Å². The number of nitrogens with one attached hydrogen (secondary N) is 1. The van der Waals surface area contributed by atoms with Crippen LogP contribution in [0.5, 0.6) is 0 Å². The molecule has 2 N–H and O–H groups in total. The highest BCUT2D eigenvalue weighted by atomic mass is 19.1. The minimum atomic E-state index is -0.702. The quantitative estimate of drug-likeness (QED) is 0.869. The van der Waals surface area contributed by atoms with E-state index in [1.807, 2.05) is 24.3 Å². The Morgan fingerprint density at radius 3 is 2.63 bits per heavy atom. The molecule has 100 valence electrons. The topological polar surface area (TPSA) is 32.3 Å². The molecule has 0 amide bonds. The molecular weight excluding hydrogens is 241 g/mol. The molecule has 0 saturated carbocycles. The Morgan fingerprint density at radius 1 is 1.11 bits per heavy atom. The van der Waals surface area contributed by atoms with Crippen LogP contribution in [0.1, 0.15) is 24.5 Å². The van der Waals surface area contributed by atoms with Crippen molar-refractivity contribution in [1.29, 1.82) is 0 Å². The SMILES string of the molecule is OC(c1ccc2ccccc2c1F)C1CCNCC1. The molecule has 2 aromatic rings. The fourth-order valence-corrected chi connectivity index (χ4v) is 2.89. The van der Waals surface area contributed by atoms with E-state index in [0.29, 0.717) is 10.9 Å². The number of rotatable bonds is 2. The first-order valence-electron chi connectivity index (χ1n) is 6.83. The molecule has 2 nitrogen and oxygen atoms in total. The van der Waals surface area contributed by atoms with E-state index in [-0.39, 0.29) is 11.7 Å². The summed E-state index contributed by atoms with van der Waals surface area (Å²) in [6.07, 6.45) is 1.09. The van der Waals surface area contributed by atoms with Crippen molar-refractivity contribution in [1.82, 2.24) is 5.32 Å². The number of piperidine rings is 1. The zero-order chi connectivity index (χ0) is 13.2. The van der Waals surface area contributed by atoms with Crippen LogP contribution in [0.25, 0.3) is 10.8 Å². The van der Waals surface area contributed by atoms with E-state index in [2.05, 4.69) is 5.32 Å². The van der Waals surface area contributed by atoms with Gasteiger partial charge in [-0.05, 0) is 37.2 Å². The van der Waals surface area contributed by atoms with Gasteiger partial charge in [-0.15, -0.1) is 0 Å². The van der Waals surface area contributed by atoms with Gasteiger partial charge in [0.25, 0.3) is 0 Å². The van der Waals surface area contributed by atoms with Crippen molar-refractivity contribution < 1.29 is 9.50 Å². The van der Waals surface area contributed by atoms with Gasteiger partial charge in [-0.2, -0.15) is 0 Å². The van der Waals surface area contributed by atoms with Crippen LogP contribution in [0, 0.1) is 11.7 Å². The summed E-state index contributed by atoms with van der Waals surface area (Å²) in [6.45, 7) is 1.80. The second-order valence-corrected chi connectivity index (χ2v) is 5.22. The van der Waals surface area contributed by atoms with Crippen LogP contribution in [0.15, 0.2) is 36.4 Å². The molecule has 0 spiro atoms. The minimum Gasteiger partial charge on any atom is -0.388 e. The van der Waals surface area contributed by atoms with E-state index in [0.717, 1.165) is 31.3 Å². The molecular formula is C16H18FNO. The summed E-state index contributed by atoms with van der Waals surface area (Å²) in [7, 11) is 0. The van der Waals surface area contributed by atoms with E-state index in [1.54, 1.807) is 12.1 Å². The van der Waals surface area contributed by atoms with Gasteiger partial charge in [-0.25, -0.2) is 4.39 Å². The van der Waals surface area contributed by atoms with Gasteiger partial charge < -0.3 is 10.4 Å². The lowest BCUT2D eigenvalue weighted by atomic mass is 9.87. The third-order valence-corrected chi connectivity index (χ3v) is 4.04. The van der Waals surface area contributed by atoms with Crippen LogP contribution in [0.4, 0.5) is 4.39 Å². The summed E-state index contributed by atoms with van der Waals surface area (Å²) >= 11 is 0. The average molecular weight is 259 g/mol. The second-order valence-electron chi connectivity index (χ2n) is 5.22. The predicted molar refractivity (Wildman–Crippen MR) is 74.5 cm³/mol. The molecule has 0 aliphatic carbocycles. The van der Waals surface area contributed by atoms with Crippen LogP contribution in [-0.4, -0.2) is 18.2 Å². The smallest absolute Gasteiger partial charge is 0.136 e. The van der Waals surface area contributed by atoms with Crippen molar-refractivity contribution in [2.75, 3.05) is 13.1 Å². The summed E-state index contributed by atoms with van der Waals surface area (Å²) in [5.74, 6) is -0.124. The molecule has 1 saturated heterocycles. The molecule has 3 heteroatoms. The Balaban J connectivity index is 1.97. The zero-order valence-electron chi connectivity index (χ0n) is 10.8. The molecule has 19 heavy (non-hydrogen) atoms. The standard InChI is InChI=1S/C16H18FNO/c17-15-13-4-2-1-3-11(13)5-6-14(15)16(19)12-7-9-18-10-8-12/h1-6,12,16,18-19H,7-10H2. The minimum absolute atomic E-state index is 0.150. The normalized spacial score (nSPS) is 18.6. The van der Waals surface area contributed by atoms with E-state index in [4.69, 9.17) is 0 Å². The van der Waals surface area contributed by atoms with Crippen molar-refractivity contribution in [3.8, 4) is 0 Å². The molecule has 0 bridgehead atoms. The van der Waals surface area contributed by atoms with Crippen LogP contribution in [0.2, 0.25) is 0 Å². The second kappa shape index (κ2) is 5.27. The summed E-state index contributed by atoms with van der Waals surface area (Å²) in [4.78, 5) is 0. The summed E-state index contributed by atoms with van der Waals surface area (Å²) in [5.41, 5.74) is 0.436. The van der Waals surface area contributed by atoms with Gasteiger partial charge in [0.1, 0.15) is 5.82 Å². The number of halogens is 1. The Morgan fingerprint density at radius 2 is 1.84 bits per heavy atom. The Kier molecular flexibility index (Phi) is 3.49. The Hall–Kier alpha value is -1.45. The highest BCUT2D eigenvalue weighted by molar-refractivity contribution is 5.83. The molecule has 1 atom stereocenters. The highest BCUT2D eigenvalue weighted by Gasteiger charge is 2.25. The van der Waals surface area contributed by atoms with Crippen LogP contribution in [0.3, 0.4) is 0 Å². The van der Waals surface area contributed by atoms with E-state index >= 15 is 0 Å². The molecule has 1 fully saturated rings. The number of benzene rings is 2. The molecule has 3 rings (SSSR count). The van der Waals surface area contributed by atoms with Gasteiger partial charge in [0.2, 0.25) is 0 Å². The van der Waals surface area contributed by atoms with Gasteiger partial charge in [-0.1, -0.05) is 36.4 Å². The summed E-state index contributed by atoms with van der Waals surface area (Å²) < 4.78 is 14.5. The van der Waals surface area contributed by atoms with Gasteiger partial charge >= 0.3 is 0 Å². The van der Waals surface area contributed by atoms with Crippen molar-refractivity contribution in [3.63, 3.8) is 0 Å².